The molecule has 2 N–H and O–H groups in total. The van der Waals surface area contributed by atoms with Gasteiger partial charge in [0.1, 0.15) is 5.82 Å². The molecule has 7 rings (SSSR count). The number of fused-ring (bicyclic) bond motifs is 3. The molecule has 0 spiro atoms. The fourth-order valence-electron chi connectivity index (χ4n) is 7.57. The number of piperazine rings is 1. The fraction of sp³-hybridized carbons (Fsp3) is 0.545. The Balaban J connectivity index is 1.29. The Morgan fingerprint density at radius 3 is 2.57 bits per heavy atom. The lowest BCUT2D eigenvalue weighted by Gasteiger charge is -2.61. The van der Waals surface area contributed by atoms with Crippen LogP contribution in [-0.4, -0.2) is 51.7 Å². The van der Waals surface area contributed by atoms with Crippen LogP contribution in [0.15, 0.2) is 57.0 Å². The Bertz CT molecular complexity index is 1620. The quantitative estimate of drug-likeness (QED) is 0.352. The van der Waals surface area contributed by atoms with Gasteiger partial charge in [-0.15, -0.1) is 0 Å². The minimum Gasteiger partial charge on any atom is -0.340 e. The number of halogens is 1. The second-order valence-corrected chi connectivity index (χ2v) is 13.3. The molecular weight excluding hydrogens is 531 g/mol. The number of benzene rings is 2. The number of rotatable bonds is 5. The molecule has 1 aromatic heterocycles. The molecule has 5 unspecified atom stereocenters. The summed E-state index contributed by atoms with van der Waals surface area (Å²) in [6.45, 7) is 12.2. The van der Waals surface area contributed by atoms with Gasteiger partial charge in [-0.3, -0.25) is 13.9 Å². The van der Waals surface area contributed by atoms with Crippen molar-refractivity contribution in [2.24, 2.45) is 35.2 Å². The van der Waals surface area contributed by atoms with Crippen molar-refractivity contribution in [3.8, 4) is 0 Å². The maximum Gasteiger partial charge on any atom is 0.331 e. The zero-order valence-electron chi connectivity index (χ0n) is 25.4. The van der Waals surface area contributed by atoms with Crippen molar-refractivity contribution in [3.63, 3.8) is 0 Å². The molecule has 0 radical (unpaired) electrons. The Labute approximate surface area is 246 Å². The van der Waals surface area contributed by atoms with Crippen LogP contribution < -0.4 is 21.9 Å². The van der Waals surface area contributed by atoms with Crippen molar-refractivity contribution >= 4 is 22.5 Å². The van der Waals surface area contributed by atoms with Crippen LogP contribution in [0.2, 0.25) is 0 Å². The molecule has 4 aliphatic rings. The average Bonchev–Trinajstić information content (AvgIpc) is 2.97. The number of hydrogen-bond acceptors (Lipinski definition) is 4. The second kappa shape index (κ2) is 11.0. The molecule has 3 aliphatic carbocycles. The third kappa shape index (κ3) is 5.16. The van der Waals surface area contributed by atoms with Crippen LogP contribution in [0.3, 0.4) is 0 Å². The highest BCUT2D eigenvalue weighted by atomic mass is 19.1. The summed E-state index contributed by atoms with van der Waals surface area (Å²) in [5.41, 5.74) is 1.97. The van der Waals surface area contributed by atoms with Gasteiger partial charge in [-0.25, -0.2) is 14.2 Å². The summed E-state index contributed by atoms with van der Waals surface area (Å²) < 4.78 is 16.1. The van der Waals surface area contributed by atoms with E-state index in [-0.39, 0.29) is 29.7 Å². The molecule has 4 fully saturated rings. The fourth-order valence-corrected chi connectivity index (χ4v) is 7.57. The Kier molecular flexibility index (Phi) is 7.50. The smallest absolute Gasteiger partial charge is 0.331 e. The van der Waals surface area contributed by atoms with Crippen LogP contribution in [0, 0.1) is 29.0 Å². The van der Waals surface area contributed by atoms with Gasteiger partial charge >= 0.3 is 5.69 Å². The molecule has 0 amide bonds. The summed E-state index contributed by atoms with van der Waals surface area (Å²) in [7, 11) is 1.70. The van der Waals surface area contributed by atoms with E-state index in [1.165, 1.54) is 27.7 Å². The number of hydrogen-bond donors (Lipinski definition) is 2. The van der Waals surface area contributed by atoms with Crippen molar-refractivity contribution in [1.82, 2.24) is 19.4 Å². The third-order valence-corrected chi connectivity index (χ3v) is 10.4. The number of aromatic nitrogens is 2. The molecule has 8 nitrogen and oxygen atoms in total. The zero-order chi connectivity index (χ0) is 29.8. The van der Waals surface area contributed by atoms with Gasteiger partial charge in [0, 0.05) is 45.0 Å². The highest BCUT2D eigenvalue weighted by molar-refractivity contribution is 5.96. The minimum atomic E-state index is -0.366. The van der Waals surface area contributed by atoms with Gasteiger partial charge in [-0.2, -0.15) is 0 Å². The van der Waals surface area contributed by atoms with Crippen LogP contribution in [-0.2, 0) is 20.0 Å². The summed E-state index contributed by atoms with van der Waals surface area (Å²) in [4.78, 5) is 34.4. The van der Waals surface area contributed by atoms with E-state index in [1.807, 2.05) is 12.1 Å². The molecule has 1 saturated heterocycles. The largest absolute Gasteiger partial charge is 0.340 e. The molecule has 224 valence electrons. The summed E-state index contributed by atoms with van der Waals surface area (Å²) in [6, 6.07) is 12.4. The van der Waals surface area contributed by atoms with Crippen LogP contribution in [0.25, 0.3) is 10.9 Å². The predicted octanol–water partition coefficient (Wildman–Crippen LogP) is 4.21. The molecule has 42 heavy (non-hydrogen) atoms. The van der Waals surface area contributed by atoms with Gasteiger partial charge in [-0.05, 0) is 85.3 Å². The highest BCUT2D eigenvalue weighted by Crippen LogP contribution is 2.61. The van der Waals surface area contributed by atoms with Gasteiger partial charge in [0.25, 0.3) is 5.56 Å². The zero-order valence-corrected chi connectivity index (χ0v) is 25.4. The van der Waals surface area contributed by atoms with E-state index in [4.69, 9.17) is 4.99 Å². The molecule has 1 aliphatic heterocycles. The van der Waals surface area contributed by atoms with E-state index < -0.39 is 0 Å². The van der Waals surface area contributed by atoms with Crippen molar-refractivity contribution in [1.29, 1.82) is 0 Å². The SMILES string of the molecule is CC1CN(C(=NC2CC3CC(C2C)C3(C)C)Nc2ccc3c(=O)n(CCc4ccc(F)cc4)c(=O)n(C)c3c2)CCN1. The molecule has 3 saturated carbocycles. The Morgan fingerprint density at radius 1 is 1.12 bits per heavy atom. The lowest BCUT2D eigenvalue weighted by molar-refractivity contribution is -0.108. The highest BCUT2D eigenvalue weighted by Gasteiger charge is 2.56. The standard InChI is InChI=1S/C33H43FN6O2/c1-20-19-39(15-13-35-20)31(37-28-17-23-16-27(21(28)2)33(23,3)4)36-25-10-11-26-29(18-25)38(5)32(42)40(30(26)41)14-12-22-6-8-24(34)9-7-22/h6-11,18,20-21,23,27-28,35H,12-17,19H2,1-5H3,(H,36,37). The first-order valence-corrected chi connectivity index (χ1v) is 15.3. The Hall–Kier alpha value is -3.46. The van der Waals surface area contributed by atoms with Crippen LogP contribution >= 0.6 is 0 Å². The average molecular weight is 575 g/mol. The van der Waals surface area contributed by atoms with Gasteiger partial charge in [0.2, 0.25) is 0 Å². The molecule has 2 bridgehead atoms. The summed E-state index contributed by atoms with van der Waals surface area (Å²) >= 11 is 0. The second-order valence-electron chi connectivity index (χ2n) is 13.3. The van der Waals surface area contributed by atoms with Crippen LogP contribution in [0.1, 0.15) is 46.1 Å². The maximum absolute atomic E-state index is 13.4. The van der Waals surface area contributed by atoms with Crippen molar-refractivity contribution in [2.45, 2.75) is 65.6 Å². The van der Waals surface area contributed by atoms with Crippen LogP contribution in [0.5, 0.6) is 0 Å². The number of nitrogens with one attached hydrogen (secondary N) is 2. The lowest BCUT2D eigenvalue weighted by atomic mass is 9.45. The van der Waals surface area contributed by atoms with E-state index in [2.05, 4.69) is 43.2 Å². The summed E-state index contributed by atoms with van der Waals surface area (Å²) in [6.07, 6.45) is 2.89. The van der Waals surface area contributed by atoms with Gasteiger partial charge in [-0.1, -0.05) is 32.9 Å². The van der Waals surface area contributed by atoms with E-state index in [0.29, 0.717) is 40.6 Å². The normalized spacial score (nSPS) is 27.1. The van der Waals surface area contributed by atoms with Gasteiger partial charge < -0.3 is 15.5 Å². The number of nitrogens with zero attached hydrogens (tertiary/aromatic N) is 4. The third-order valence-electron chi connectivity index (χ3n) is 10.4. The minimum absolute atomic E-state index is 0.226. The first kappa shape index (κ1) is 28.6. The van der Waals surface area contributed by atoms with E-state index in [9.17, 15) is 14.0 Å². The summed E-state index contributed by atoms with van der Waals surface area (Å²) in [5, 5.41) is 7.61. The summed E-state index contributed by atoms with van der Waals surface area (Å²) in [5.74, 6) is 2.50. The van der Waals surface area contributed by atoms with Crippen molar-refractivity contribution in [2.75, 3.05) is 25.0 Å². The first-order chi connectivity index (χ1) is 20.0. The topological polar surface area (TPSA) is 83.7 Å². The van der Waals surface area contributed by atoms with Gasteiger partial charge in [0.15, 0.2) is 5.96 Å². The molecule has 9 heteroatoms. The lowest BCUT2D eigenvalue weighted by Crippen LogP contribution is -2.57. The maximum atomic E-state index is 13.4. The first-order valence-electron chi connectivity index (χ1n) is 15.3. The molecular formula is C33H43FN6O2. The monoisotopic (exact) mass is 574 g/mol. The van der Waals surface area contributed by atoms with E-state index >= 15 is 0 Å². The number of aliphatic imine (C=N–C) groups is 1. The predicted molar refractivity (Wildman–Crippen MR) is 167 cm³/mol. The molecule has 3 aromatic rings. The molecule has 5 atom stereocenters. The van der Waals surface area contributed by atoms with Gasteiger partial charge in [0.05, 0.1) is 16.9 Å². The number of anilines is 1. The number of aryl methyl sites for hydroxylation is 2. The van der Waals surface area contributed by atoms with Crippen molar-refractivity contribution in [3.05, 3.63) is 74.7 Å². The van der Waals surface area contributed by atoms with E-state index in [0.717, 1.165) is 49.2 Å². The Morgan fingerprint density at radius 2 is 1.88 bits per heavy atom. The van der Waals surface area contributed by atoms with Crippen LogP contribution in [0.4, 0.5) is 10.1 Å². The molecule has 2 heterocycles. The van der Waals surface area contributed by atoms with Crippen molar-refractivity contribution < 1.29 is 4.39 Å². The molecule has 2 aromatic carbocycles. The van der Waals surface area contributed by atoms with E-state index in [1.54, 1.807) is 25.2 Å². The number of guanidine groups is 1.